The Morgan fingerprint density at radius 1 is 1.47 bits per heavy atom. The van der Waals surface area contributed by atoms with E-state index >= 15 is 0 Å². The predicted octanol–water partition coefficient (Wildman–Crippen LogP) is 2.04. The van der Waals surface area contributed by atoms with Crippen molar-refractivity contribution >= 4 is 0 Å². The summed E-state index contributed by atoms with van der Waals surface area (Å²) in [7, 11) is 2.05. The van der Waals surface area contributed by atoms with Gasteiger partial charge in [0.2, 0.25) is 0 Å². The van der Waals surface area contributed by atoms with E-state index in [4.69, 9.17) is 4.52 Å². The van der Waals surface area contributed by atoms with Gasteiger partial charge in [-0.25, -0.2) is 0 Å². The van der Waals surface area contributed by atoms with Gasteiger partial charge in [0.1, 0.15) is 5.76 Å². The van der Waals surface area contributed by atoms with Crippen molar-refractivity contribution in [1.82, 2.24) is 15.4 Å². The third-order valence-corrected chi connectivity index (χ3v) is 3.92. The van der Waals surface area contributed by atoms with Crippen LogP contribution < -0.4 is 5.32 Å². The molecule has 17 heavy (non-hydrogen) atoms. The lowest BCUT2D eigenvalue weighted by atomic mass is 9.99. The number of hydrogen-bond acceptors (Lipinski definition) is 4. The smallest absolute Gasteiger partial charge is 0.138 e. The van der Waals surface area contributed by atoms with E-state index in [1.807, 2.05) is 13.8 Å². The third-order valence-electron chi connectivity index (χ3n) is 3.92. The molecule has 1 aliphatic rings. The second-order valence-electron chi connectivity index (χ2n) is 5.04. The summed E-state index contributed by atoms with van der Waals surface area (Å²) in [4.78, 5) is 2.52. The van der Waals surface area contributed by atoms with Gasteiger partial charge in [0.15, 0.2) is 0 Å². The van der Waals surface area contributed by atoms with Crippen LogP contribution in [0.25, 0.3) is 0 Å². The van der Waals surface area contributed by atoms with Crippen LogP contribution in [0.1, 0.15) is 42.8 Å². The Balaban J connectivity index is 2.11. The first-order chi connectivity index (χ1) is 8.13. The molecule has 0 amide bonds. The molecule has 2 unspecified atom stereocenters. The van der Waals surface area contributed by atoms with E-state index < -0.39 is 0 Å². The lowest BCUT2D eigenvalue weighted by Gasteiger charge is -2.36. The van der Waals surface area contributed by atoms with Crippen LogP contribution in [0.5, 0.6) is 0 Å². The van der Waals surface area contributed by atoms with Crippen molar-refractivity contribution in [3.8, 4) is 0 Å². The number of aromatic nitrogens is 1. The number of likely N-dealkylation sites (tertiary alicyclic amines) is 1. The molecule has 1 saturated heterocycles. The average molecular weight is 237 g/mol. The first-order valence-corrected chi connectivity index (χ1v) is 6.47. The standard InChI is InChI=1S/C13H23N3O/c1-9-13(11(3)17-15-9)10(2)16-7-5-6-12(8-16)14-4/h10,12,14H,5-8H2,1-4H3. The third kappa shape index (κ3) is 2.53. The van der Waals surface area contributed by atoms with Crippen molar-refractivity contribution in [3.05, 3.63) is 17.0 Å². The fourth-order valence-corrected chi connectivity index (χ4v) is 2.86. The molecule has 2 atom stereocenters. The van der Waals surface area contributed by atoms with Crippen LogP contribution in [0.2, 0.25) is 0 Å². The van der Waals surface area contributed by atoms with Crippen molar-refractivity contribution in [3.63, 3.8) is 0 Å². The van der Waals surface area contributed by atoms with Gasteiger partial charge in [-0.05, 0) is 47.2 Å². The van der Waals surface area contributed by atoms with Gasteiger partial charge in [-0.1, -0.05) is 5.16 Å². The maximum Gasteiger partial charge on any atom is 0.138 e. The summed E-state index contributed by atoms with van der Waals surface area (Å²) in [6.07, 6.45) is 2.54. The number of nitrogens with zero attached hydrogens (tertiary/aromatic N) is 2. The molecular weight excluding hydrogens is 214 g/mol. The summed E-state index contributed by atoms with van der Waals surface area (Å²) in [6, 6.07) is 1.02. The zero-order valence-corrected chi connectivity index (χ0v) is 11.3. The summed E-state index contributed by atoms with van der Waals surface area (Å²) < 4.78 is 5.27. The number of hydrogen-bond donors (Lipinski definition) is 1. The molecule has 1 aromatic rings. The predicted molar refractivity (Wildman–Crippen MR) is 68.0 cm³/mol. The van der Waals surface area contributed by atoms with Gasteiger partial charge in [-0.2, -0.15) is 0 Å². The molecule has 4 heteroatoms. The number of nitrogens with one attached hydrogen (secondary N) is 1. The fraction of sp³-hybridized carbons (Fsp3) is 0.769. The van der Waals surface area contributed by atoms with Crippen molar-refractivity contribution in [2.45, 2.75) is 45.7 Å². The number of rotatable bonds is 3. The molecule has 1 fully saturated rings. The van der Waals surface area contributed by atoms with Crippen LogP contribution in [0, 0.1) is 13.8 Å². The molecule has 1 aliphatic heterocycles. The van der Waals surface area contributed by atoms with E-state index in [1.165, 1.54) is 24.9 Å². The first kappa shape index (κ1) is 12.6. The summed E-state index contributed by atoms with van der Waals surface area (Å²) in [5.74, 6) is 0.960. The van der Waals surface area contributed by atoms with Gasteiger partial charge < -0.3 is 9.84 Å². The summed E-state index contributed by atoms with van der Waals surface area (Å²) in [6.45, 7) is 8.57. The highest BCUT2D eigenvalue weighted by molar-refractivity contribution is 5.24. The van der Waals surface area contributed by atoms with Crippen LogP contribution in [-0.2, 0) is 0 Å². The van der Waals surface area contributed by atoms with Gasteiger partial charge in [-0.15, -0.1) is 0 Å². The normalized spacial score (nSPS) is 23.9. The Morgan fingerprint density at radius 2 is 2.24 bits per heavy atom. The molecule has 1 aromatic heterocycles. The maximum absolute atomic E-state index is 5.27. The van der Waals surface area contributed by atoms with Crippen LogP contribution >= 0.6 is 0 Å². The molecule has 0 aliphatic carbocycles. The molecule has 1 N–H and O–H groups in total. The van der Waals surface area contributed by atoms with Gasteiger partial charge >= 0.3 is 0 Å². The number of aryl methyl sites for hydroxylation is 2. The molecular formula is C13H23N3O. The van der Waals surface area contributed by atoms with Crippen LogP contribution in [0.3, 0.4) is 0 Å². The van der Waals surface area contributed by atoms with Crippen molar-refractivity contribution in [2.75, 3.05) is 20.1 Å². The Bertz CT molecular complexity index is 355. The Kier molecular flexibility index (Phi) is 3.84. The highest BCUT2D eigenvalue weighted by Crippen LogP contribution is 2.28. The second-order valence-corrected chi connectivity index (χ2v) is 5.04. The minimum Gasteiger partial charge on any atom is -0.361 e. The summed E-state index contributed by atoms with van der Waals surface area (Å²) in [5, 5.41) is 7.44. The highest BCUT2D eigenvalue weighted by Gasteiger charge is 2.26. The van der Waals surface area contributed by atoms with E-state index in [1.54, 1.807) is 0 Å². The first-order valence-electron chi connectivity index (χ1n) is 6.47. The second kappa shape index (κ2) is 5.19. The fourth-order valence-electron chi connectivity index (χ4n) is 2.86. The van der Waals surface area contributed by atoms with Crippen molar-refractivity contribution in [1.29, 1.82) is 0 Å². The van der Waals surface area contributed by atoms with E-state index in [9.17, 15) is 0 Å². The lowest BCUT2D eigenvalue weighted by molar-refractivity contribution is 0.148. The van der Waals surface area contributed by atoms with Gasteiger partial charge in [0.05, 0.1) is 5.69 Å². The molecule has 2 rings (SSSR count). The van der Waals surface area contributed by atoms with E-state index in [0.29, 0.717) is 12.1 Å². The zero-order valence-electron chi connectivity index (χ0n) is 11.3. The van der Waals surface area contributed by atoms with Crippen LogP contribution in [0.4, 0.5) is 0 Å². The van der Waals surface area contributed by atoms with Crippen molar-refractivity contribution < 1.29 is 4.52 Å². The van der Waals surface area contributed by atoms with Crippen LogP contribution in [0.15, 0.2) is 4.52 Å². The summed E-state index contributed by atoms with van der Waals surface area (Å²) in [5.41, 5.74) is 2.29. The van der Waals surface area contributed by atoms with E-state index in [-0.39, 0.29) is 0 Å². The van der Waals surface area contributed by atoms with Gasteiger partial charge in [-0.3, -0.25) is 4.90 Å². The average Bonchev–Trinajstić information content (AvgIpc) is 2.68. The van der Waals surface area contributed by atoms with E-state index in [0.717, 1.165) is 18.0 Å². The number of likely N-dealkylation sites (N-methyl/N-ethyl adjacent to an activating group) is 1. The molecule has 0 aromatic carbocycles. The maximum atomic E-state index is 5.27. The number of piperidine rings is 1. The highest BCUT2D eigenvalue weighted by atomic mass is 16.5. The Labute approximate surface area is 103 Å². The molecule has 4 nitrogen and oxygen atoms in total. The van der Waals surface area contributed by atoms with Crippen molar-refractivity contribution in [2.24, 2.45) is 0 Å². The lowest BCUT2D eigenvalue weighted by Crippen LogP contribution is -2.45. The molecule has 0 radical (unpaired) electrons. The topological polar surface area (TPSA) is 41.3 Å². The molecule has 0 saturated carbocycles. The summed E-state index contributed by atoms with van der Waals surface area (Å²) >= 11 is 0. The van der Waals surface area contributed by atoms with Crippen LogP contribution in [-0.4, -0.2) is 36.2 Å². The molecule has 0 bridgehead atoms. The van der Waals surface area contributed by atoms with Gasteiger partial charge in [0.25, 0.3) is 0 Å². The van der Waals surface area contributed by atoms with E-state index in [2.05, 4.69) is 29.3 Å². The quantitative estimate of drug-likeness (QED) is 0.873. The molecule has 0 spiro atoms. The van der Waals surface area contributed by atoms with Gasteiger partial charge in [0, 0.05) is 24.2 Å². The Hall–Kier alpha value is -0.870. The minimum atomic E-state index is 0.400. The Morgan fingerprint density at radius 3 is 2.82 bits per heavy atom. The SMILES string of the molecule is CNC1CCCN(C(C)c2c(C)noc2C)C1. The monoisotopic (exact) mass is 237 g/mol. The minimum absolute atomic E-state index is 0.400. The molecule has 96 valence electrons. The molecule has 2 heterocycles. The zero-order chi connectivity index (χ0) is 12.4. The largest absolute Gasteiger partial charge is 0.361 e.